The third-order valence-electron chi connectivity index (χ3n) is 2.34. The Labute approximate surface area is 106 Å². The average molecular weight is 251 g/mol. The molecule has 17 heavy (non-hydrogen) atoms. The van der Waals surface area contributed by atoms with E-state index in [1.54, 1.807) is 24.3 Å². The van der Waals surface area contributed by atoms with Crippen LogP contribution in [0, 0.1) is 11.3 Å². The van der Waals surface area contributed by atoms with Gasteiger partial charge in [-0.2, -0.15) is 5.26 Å². The molecule has 1 aromatic rings. The molecule has 1 atom stereocenters. The minimum Gasteiger partial charge on any atom is -0.351 e. The van der Waals surface area contributed by atoms with Crippen LogP contribution in [0.15, 0.2) is 24.3 Å². The number of nitriles is 1. The Morgan fingerprint density at radius 1 is 1.59 bits per heavy atom. The van der Waals surface area contributed by atoms with Gasteiger partial charge in [-0.1, -0.05) is 19.4 Å². The summed E-state index contributed by atoms with van der Waals surface area (Å²) in [4.78, 5) is 11.7. The lowest BCUT2D eigenvalue weighted by molar-refractivity contribution is 0.0953. The molecule has 0 aromatic heterocycles. The molecule has 0 radical (unpaired) electrons. The molecule has 0 aliphatic carbocycles. The van der Waals surface area contributed by atoms with E-state index in [0.29, 0.717) is 17.7 Å². The molecular formula is C13H15ClN2O. The number of hydrogen-bond donors (Lipinski definition) is 1. The van der Waals surface area contributed by atoms with Crippen LogP contribution in [0.2, 0.25) is 0 Å². The van der Waals surface area contributed by atoms with Crippen LogP contribution in [0.25, 0.3) is 0 Å². The molecule has 0 aliphatic heterocycles. The number of carbonyl (C=O) groups is 1. The molecule has 0 saturated heterocycles. The summed E-state index contributed by atoms with van der Waals surface area (Å²) < 4.78 is 0. The summed E-state index contributed by atoms with van der Waals surface area (Å²) in [6, 6.07) is 8.61. The summed E-state index contributed by atoms with van der Waals surface area (Å²) in [5.74, 6) is -0.191. The number of carbonyl (C=O) groups excluding carboxylic acids is 1. The number of amides is 1. The molecule has 1 rings (SSSR count). The van der Waals surface area contributed by atoms with Crippen molar-refractivity contribution < 1.29 is 4.79 Å². The van der Waals surface area contributed by atoms with E-state index in [-0.39, 0.29) is 11.3 Å². The Bertz CT molecular complexity index is 426. The van der Waals surface area contributed by atoms with E-state index in [9.17, 15) is 4.79 Å². The minimum atomic E-state index is -0.191. The summed E-state index contributed by atoms with van der Waals surface area (Å²) in [5, 5.41) is 11.4. The van der Waals surface area contributed by atoms with Gasteiger partial charge in [0.2, 0.25) is 0 Å². The Kier molecular flexibility index (Phi) is 5.51. The largest absolute Gasteiger partial charge is 0.351 e. The second kappa shape index (κ2) is 6.93. The molecule has 0 saturated carbocycles. The molecule has 0 spiro atoms. The zero-order valence-corrected chi connectivity index (χ0v) is 10.5. The maximum atomic E-state index is 11.7. The smallest absolute Gasteiger partial charge is 0.251 e. The molecule has 0 fully saturated rings. The number of hydrogen-bond acceptors (Lipinski definition) is 2. The summed E-state index contributed by atoms with van der Waals surface area (Å²) in [7, 11) is 0. The monoisotopic (exact) mass is 250 g/mol. The van der Waals surface area contributed by atoms with Crippen LogP contribution in [0.4, 0.5) is 0 Å². The van der Waals surface area contributed by atoms with Gasteiger partial charge in [-0.15, -0.1) is 11.6 Å². The zero-order valence-electron chi connectivity index (χ0n) is 9.74. The highest BCUT2D eigenvalue weighted by Gasteiger charge is 2.08. The van der Waals surface area contributed by atoms with E-state index in [1.165, 1.54) is 0 Å². The predicted octanol–water partition coefficient (Wildman–Crippen LogP) is 2.70. The van der Waals surface area contributed by atoms with Gasteiger partial charge < -0.3 is 5.32 Å². The molecule has 90 valence electrons. The van der Waals surface area contributed by atoms with Crippen molar-refractivity contribution in [2.24, 2.45) is 0 Å². The van der Waals surface area contributed by atoms with E-state index in [2.05, 4.69) is 5.32 Å². The molecule has 1 aromatic carbocycles. The highest BCUT2D eigenvalue weighted by molar-refractivity contribution is 6.20. The average Bonchev–Trinajstić information content (AvgIpc) is 2.36. The third-order valence-corrected chi connectivity index (χ3v) is 2.71. The Morgan fingerprint density at radius 3 is 3.00 bits per heavy atom. The van der Waals surface area contributed by atoms with Crippen LogP contribution in [0.3, 0.4) is 0 Å². The Morgan fingerprint density at radius 2 is 2.35 bits per heavy atom. The number of halogens is 1. The first-order chi connectivity index (χ1) is 8.17. The molecule has 0 bridgehead atoms. The highest BCUT2D eigenvalue weighted by atomic mass is 35.5. The lowest BCUT2D eigenvalue weighted by atomic mass is 10.1. The molecule has 4 heteroatoms. The second-order valence-corrected chi connectivity index (χ2v) is 4.41. The van der Waals surface area contributed by atoms with Crippen molar-refractivity contribution in [2.75, 3.05) is 6.54 Å². The lowest BCUT2D eigenvalue weighted by Crippen LogP contribution is -2.29. The molecule has 1 N–H and O–H groups in total. The standard InChI is InChI=1S/C13H15ClN2O/c1-2-4-12(14)9-16-13(17)11-6-3-5-10(7-11)8-15/h3,5-7,12H,2,4,9H2,1H3,(H,16,17). The number of benzene rings is 1. The first-order valence-corrected chi connectivity index (χ1v) is 6.03. The van der Waals surface area contributed by atoms with Crippen molar-refractivity contribution in [1.82, 2.24) is 5.32 Å². The SMILES string of the molecule is CCCC(Cl)CNC(=O)c1cccc(C#N)c1. The molecular weight excluding hydrogens is 236 g/mol. The van der Waals surface area contributed by atoms with Gasteiger partial charge in [0.15, 0.2) is 0 Å². The van der Waals surface area contributed by atoms with E-state index < -0.39 is 0 Å². The zero-order chi connectivity index (χ0) is 12.7. The first-order valence-electron chi connectivity index (χ1n) is 5.59. The maximum Gasteiger partial charge on any atom is 0.251 e. The minimum absolute atomic E-state index is 0.0388. The number of nitrogens with one attached hydrogen (secondary N) is 1. The van der Waals surface area contributed by atoms with Crippen LogP contribution in [0.1, 0.15) is 35.7 Å². The van der Waals surface area contributed by atoms with Gasteiger partial charge in [-0.25, -0.2) is 0 Å². The molecule has 1 unspecified atom stereocenters. The molecule has 0 aliphatic rings. The van der Waals surface area contributed by atoms with Gasteiger partial charge in [-0.3, -0.25) is 4.79 Å². The van der Waals surface area contributed by atoms with E-state index in [0.717, 1.165) is 12.8 Å². The van der Waals surface area contributed by atoms with E-state index in [4.69, 9.17) is 16.9 Å². The summed E-state index contributed by atoms with van der Waals surface area (Å²) in [6.07, 6.45) is 1.87. The van der Waals surface area contributed by atoms with Gasteiger partial charge in [0.25, 0.3) is 5.91 Å². The summed E-state index contributed by atoms with van der Waals surface area (Å²) >= 11 is 6.00. The highest BCUT2D eigenvalue weighted by Crippen LogP contribution is 2.06. The van der Waals surface area contributed by atoms with Crippen LogP contribution < -0.4 is 5.32 Å². The quantitative estimate of drug-likeness (QED) is 0.817. The van der Waals surface area contributed by atoms with Crippen molar-refractivity contribution in [2.45, 2.75) is 25.1 Å². The van der Waals surface area contributed by atoms with Gasteiger partial charge in [0.1, 0.15) is 0 Å². The van der Waals surface area contributed by atoms with Crippen molar-refractivity contribution in [1.29, 1.82) is 5.26 Å². The van der Waals surface area contributed by atoms with Gasteiger partial charge in [-0.05, 0) is 24.6 Å². The molecule has 3 nitrogen and oxygen atoms in total. The normalized spacial score (nSPS) is 11.6. The van der Waals surface area contributed by atoms with E-state index >= 15 is 0 Å². The van der Waals surface area contributed by atoms with Crippen LogP contribution in [0.5, 0.6) is 0 Å². The fraction of sp³-hybridized carbons (Fsp3) is 0.385. The topological polar surface area (TPSA) is 52.9 Å². The van der Waals surface area contributed by atoms with Crippen molar-refractivity contribution in [3.05, 3.63) is 35.4 Å². The third kappa shape index (κ3) is 4.46. The Balaban J connectivity index is 2.55. The maximum absolute atomic E-state index is 11.7. The van der Waals surface area contributed by atoms with Crippen molar-refractivity contribution >= 4 is 17.5 Å². The van der Waals surface area contributed by atoms with Crippen LogP contribution >= 0.6 is 11.6 Å². The number of rotatable bonds is 5. The van der Waals surface area contributed by atoms with Crippen molar-refractivity contribution in [3.8, 4) is 6.07 Å². The van der Waals surface area contributed by atoms with Crippen molar-refractivity contribution in [3.63, 3.8) is 0 Å². The fourth-order valence-electron chi connectivity index (χ4n) is 1.45. The second-order valence-electron chi connectivity index (χ2n) is 3.79. The fourth-order valence-corrected chi connectivity index (χ4v) is 1.75. The number of nitrogens with zero attached hydrogens (tertiary/aromatic N) is 1. The number of alkyl halides is 1. The summed E-state index contributed by atoms with van der Waals surface area (Å²) in [5.41, 5.74) is 0.970. The predicted molar refractivity (Wildman–Crippen MR) is 68.0 cm³/mol. The van der Waals surface area contributed by atoms with Crippen LogP contribution in [-0.4, -0.2) is 17.8 Å². The summed E-state index contributed by atoms with van der Waals surface area (Å²) in [6.45, 7) is 2.50. The van der Waals surface area contributed by atoms with Crippen LogP contribution in [-0.2, 0) is 0 Å². The molecule has 0 heterocycles. The molecule has 1 amide bonds. The lowest BCUT2D eigenvalue weighted by Gasteiger charge is -2.09. The van der Waals surface area contributed by atoms with Gasteiger partial charge >= 0.3 is 0 Å². The van der Waals surface area contributed by atoms with Gasteiger partial charge in [0.05, 0.1) is 17.0 Å². The Hall–Kier alpha value is -1.53. The van der Waals surface area contributed by atoms with Gasteiger partial charge in [0, 0.05) is 12.1 Å². The van der Waals surface area contributed by atoms with E-state index in [1.807, 2.05) is 13.0 Å². The first kappa shape index (κ1) is 13.5.